The van der Waals surface area contributed by atoms with Crippen molar-refractivity contribution in [3.05, 3.63) is 35.1 Å². The minimum Gasteiger partial charge on any atom is -0.481 e. The Morgan fingerprint density at radius 3 is 2.80 bits per heavy atom. The van der Waals surface area contributed by atoms with Gasteiger partial charge in [0.25, 0.3) is 0 Å². The van der Waals surface area contributed by atoms with E-state index in [1.807, 2.05) is 6.92 Å². The Morgan fingerprint density at radius 2 is 2.15 bits per heavy atom. The highest BCUT2D eigenvalue weighted by Gasteiger charge is 2.34. The molecule has 1 aliphatic rings. The van der Waals surface area contributed by atoms with E-state index in [1.165, 1.54) is 6.07 Å². The molecule has 0 radical (unpaired) electrons. The number of hydrogen-bond acceptors (Lipinski definition) is 1. The molecule has 1 aliphatic carbocycles. The van der Waals surface area contributed by atoms with Crippen molar-refractivity contribution in [2.45, 2.75) is 46.0 Å². The normalized spacial score (nSPS) is 26.4. The van der Waals surface area contributed by atoms with Crippen LogP contribution in [0.1, 0.15) is 43.7 Å². The number of hydrogen-bond donors (Lipinski definition) is 1. The molecule has 110 valence electrons. The van der Waals surface area contributed by atoms with Crippen molar-refractivity contribution in [2.24, 2.45) is 17.8 Å². The second-order valence-corrected chi connectivity index (χ2v) is 6.07. The van der Waals surface area contributed by atoms with Crippen LogP contribution in [0.3, 0.4) is 0 Å². The van der Waals surface area contributed by atoms with E-state index in [4.69, 9.17) is 0 Å². The summed E-state index contributed by atoms with van der Waals surface area (Å²) in [6.45, 7) is 4.13. The maximum Gasteiger partial charge on any atom is 0.306 e. The average Bonchev–Trinajstić information content (AvgIpc) is 2.42. The van der Waals surface area contributed by atoms with Gasteiger partial charge in [-0.2, -0.15) is 0 Å². The number of carboxylic acids is 1. The van der Waals surface area contributed by atoms with Crippen molar-refractivity contribution in [3.63, 3.8) is 0 Å². The van der Waals surface area contributed by atoms with Crippen LogP contribution in [-0.4, -0.2) is 11.1 Å². The van der Waals surface area contributed by atoms with Crippen LogP contribution < -0.4 is 0 Å². The first-order valence-electron chi connectivity index (χ1n) is 7.49. The maximum absolute atomic E-state index is 13.4. The lowest BCUT2D eigenvalue weighted by atomic mass is 9.71. The van der Waals surface area contributed by atoms with Crippen LogP contribution in [0, 0.1) is 30.5 Å². The summed E-state index contributed by atoms with van der Waals surface area (Å²) >= 11 is 0. The van der Waals surface area contributed by atoms with E-state index in [1.54, 1.807) is 12.1 Å². The Labute approximate surface area is 120 Å². The number of carboxylic acid groups (broad SMARTS) is 1. The van der Waals surface area contributed by atoms with Crippen LogP contribution in [0.2, 0.25) is 0 Å². The molecule has 0 spiro atoms. The molecule has 1 fully saturated rings. The van der Waals surface area contributed by atoms with Gasteiger partial charge in [-0.25, -0.2) is 4.39 Å². The van der Waals surface area contributed by atoms with Gasteiger partial charge in [-0.1, -0.05) is 19.4 Å². The molecule has 0 aliphatic heterocycles. The van der Waals surface area contributed by atoms with E-state index >= 15 is 0 Å². The zero-order chi connectivity index (χ0) is 14.7. The van der Waals surface area contributed by atoms with Crippen molar-refractivity contribution in [3.8, 4) is 0 Å². The van der Waals surface area contributed by atoms with Crippen LogP contribution in [-0.2, 0) is 11.2 Å². The third kappa shape index (κ3) is 3.38. The van der Waals surface area contributed by atoms with E-state index < -0.39 is 5.97 Å². The van der Waals surface area contributed by atoms with Crippen LogP contribution in [0.4, 0.5) is 4.39 Å². The van der Waals surface area contributed by atoms with E-state index in [2.05, 4.69) is 6.92 Å². The molecule has 1 saturated carbocycles. The van der Waals surface area contributed by atoms with Gasteiger partial charge >= 0.3 is 5.97 Å². The molecule has 0 saturated heterocycles. The second kappa shape index (κ2) is 6.38. The molecule has 2 rings (SSSR count). The molecule has 3 heteroatoms. The van der Waals surface area contributed by atoms with Gasteiger partial charge in [-0.3, -0.25) is 4.79 Å². The molecule has 1 N–H and O–H groups in total. The minimum absolute atomic E-state index is 0.131. The zero-order valence-electron chi connectivity index (χ0n) is 12.2. The minimum atomic E-state index is -0.696. The molecule has 3 unspecified atom stereocenters. The van der Waals surface area contributed by atoms with Crippen molar-refractivity contribution in [2.75, 3.05) is 0 Å². The zero-order valence-corrected chi connectivity index (χ0v) is 12.2. The summed E-state index contributed by atoms with van der Waals surface area (Å²) in [6, 6.07) is 4.80. The first kappa shape index (κ1) is 15.0. The van der Waals surface area contributed by atoms with Gasteiger partial charge in [0, 0.05) is 0 Å². The standard InChI is InChI=1S/C17H23FO2/c1-3-12-5-7-16(17(19)20)14(8-12)9-13-10-15(18)6-4-11(13)2/h4,6,10,12,14,16H,3,5,7-9H2,1-2H3,(H,19,20). The Morgan fingerprint density at radius 1 is 1.40 bits per heavy atom. The first-order chi connectivity index (χ1) is 9.51. The fourth-order valence-electron chi connectivity index (χ4n) is 3.43. The lowest BCUT2D eigenvalue weighted by molar-refractivity contribution is -0.145. The van der Waals surface area contributed by atoms with E-state index in [9.17, 15) is 14.3 Å². The number of halogens is 1. The van der Waals surface area contributed by atoms with E-state index in [-0.39, 0.29) is 17.7 Å². The molecular formula is C17H23FO2. The Bertz CT molecular complexity index is 484. The van der Waals surface area contributed by atoms with Crippen molar-refractivity contribution in [1.82, 2.24) is 0 Å². The lowest BCUT2D eigenvalue weighted by Gasteiger charge is -2.34. The third-order valence-electron chi connectivity index (χ3n) is 4.78. The Balaban J connectivity index is 2.18. The molecule has 0 amide bonds. The van der Waals surface area contributed by atoms with E-state index in [0.29, 0.717) is 12.3 Å². The van der Waals surface area contributed by atoms with Gasteiger partial charge in [0.15, 0.2) is 0 Å². The van der Waals surface area contributed by atoms with Gasteiger partial charge in [0.1, 0.15) is 5.82 Å². The second-order valence-electron chi connectivity index (χ2n) is 6.07. The molecule has 0 bridgehead atoms. The number of benzene rings is 1. The van der Waals surface area contributed by atoms with E-state index in [0.717, 1.165) is 36.8 Å². The molecule has 1 aromatic carbocycles. The number of rotatable bonds is 4. The molecule has 1 aromatic rings. The maximum atomic E-state index is 13.4. The summed E-state index contributed by atoms with van der Waals surface area (Å²) < 4.78 is 13.4. The first-order valence-corrected chi connectivity index (χ1v) is 7.49. The highest BCUT2D eigenvalue weighted by molar-refractivity contribution is 5.70. The van der Waals surface area contributed by atoms with Gasteiger partial charge in [-0.05, 0) is 67.7 Å². The largest absolute Gasteiger partial charge is 0.481 e. The summed E-state index contributed by atoms with van der Waals surface area (Å²) in [5.41, 5.74) is 2.01. The van der Waals surface area contributed by atoms with Crippen LogP contribution in [0.15, 0.2) is 18.2 Å². The van der Waals surface area contributed by atoms with Crippen LogP contribution in [0.5, 0.6) is 0 Å². The molecule has 20 heavy (non-hydrogen) atoms. The average molecular weight is 278 g/mol. The molecule has 0 heterocycles. The highest BCUT2D eigenvalue weighted by Crippen LogP contribution is 2.38. The van der Waals surface area contributed by atoms with Crippen molar-refractivity contribution < 1.29 is 14.3 Å². The fourth-order valence-corrected chi connectivity index (χ4v) is 3.43. The smallest absolute Gasteiger partial charge is 0.306 e. The SMILES string of the molecule is CCC1CCC(C(=O)O)C(Cc2cc(F)ccc2C)C1. The summed E-state index contributed by atoms with van der Waals surface area (Å²) in [5.74, 6) is -0.462. The monoisotopic (exact) mass is 278 g/mol. The summed E-state index contributed by atoms with van der Waals surface area (Å²) in [6.07, 6.45) is 4.49. The summed E-state index contributed by atoms with van der Waals surface area (Å²) in [7, 11) is 0. The van der Waals surface area contributed by atoms with Gasteiger partial charge < -0.3 is 5.11 Å². The Hall–Kier alpha value is -1.38. The van der Waals surface area contributed by atoms with Gasteiger partial charge in [0.2, 0.25) is 0 Å². The predicted molar refractivity (Wildman–Crippen MR) is 77.1 cm³/mol. The van der Waals surface area contributed by atoms with Crippen molar-refractivity contribution in [1.29, 1.82) is 0 Å². The molecule has 3 atom stereocenters. The van der Waals surface area contributed by atoms with Crippen molar-refractivity contribution >= 4 is 5.97 Å². The van der Waals surface area contributed by atoms with Crippen LogP contribution in [0.25, 0.3) is 0 Å². The molecular weight excluding hydrogens is 255 g/mol. The van der Waals surface area contributed by atoms with Gasteiger partial charge in [-0.15, -0.1) is 0 Å². The van der Waals surface area contributed by atoms with Gasteiger partial charge in [0.05, 0.1) is 5.92 Å². The Kier molecular flexibility index (Phi) is 4.79. The summed E-state index contributed by atoms with van der Waals surface area (Å²) in [4.78, 5) is 11.4. The number of carbonyl (C=O) groups is 1. The quantitative estimate of drug-likeness (QED) is 0.896. The number of aliphatic carboxylic acids is 1. The number of aryl methyl sites for hydroxylation is 1. The highest BCUT2D eigenvalue weighted by atomic mass is 19.1. The summed E-state index contributed by atoms with van der Waals surface area (Å²) in [5, 5.41) is 9.40. The predicted octanol–water partition coefficient (Wildman–Crippen LogP) is 4.20. The van der Waals surface area contributed by atoms with Crippen LogP contribution >= 0.6 is 0 Å². The lowest BCUT2D eigenvalue weighted by Crippen LogP contribution is -2.32. The molecule has 2 nitrogen and oxygen atoms in total. The third-order valence-corrected chi connectivity index (χ3v) is 4.78. The topological polar surface area (TPSA) is 37.3 Å². The fraction of sp³-hybridized carbons (Fsp3) is 0.588. The molecule has 0 aromatic heterocycles.